The molecule has 6 nitrogen and oxygen atoms in total. The first kappa shape index (κ1) is 19.6. The van der Waals surface area contributed by atoms with Crippen LogP contribution in [0.5, 0.6) is 0 Å². The number of nitrogens with one attached hydrogen (secondary N) is 2. The number of nitrogens with zero attached hydrogens (tertiary/aromatic N) is 2. The molecule has 1 saturated carbocycles. The molecular formula is C18H27BrN4O2S. The van der Waals surface area contributed by atoms with Gasteiger partial charge in [0.1, 0.15) is 0 Å². The van der Waals surface area contributed by atoms with Crippen molar-refractivity contribution in [2.45, 2.75) is 31.6 Å². The molecule has 8 heteroatoms. The van der Waals surface area contributed by atoms with Crippen molar-refractivity contribution in [3.63, 3.8) is 0 Å². The Morgan fingerprint density at radius 2 is 2.15 bits per heavy atom. The highest BCUT2D eigenvalue weighted by atomic mass is 79.9. The lowest BCUT2D eigenvalue weighted by molar-refractivity contribution is 0.445. The fourth-order valence-corrected chi connectivity index (χ4v) is 5.25. The normalized spacial score (nSPS) is 21.5. The topological polar surface area (TPSA) is 73.8 Å². The zero-order chi connectivity index (χ0) is 18.6. The Bertz CT molecular complexity index is 762. The van der Waals surface area contributed by atoms with E-state index in [2.05, 4.69) is 44.8 Å². The van der Waals surface area contributed by atoms with Crippen molar-refractivity contribution in [3.8, 4) is 0 Å². The second-order valence-electron chi connectivity index (χ2n) is 6.98. The molecule has 1 aromatic carbocycles. The summed E-state index contributed by atoms with van der Waals surface area (Å²) in [5.41, 5.74) is 1.47. The van der Waals surface area contributed by atoms with E-state index in [-0.39, 0.29) is 11.2 Å². The molecule has 0 amide bonds. The van der Waals surface area contributed by atoms with Gasteiger partial charge in [0.2, 0.25) is 10.0 Å². The highest BCUT2D eigenvalue weighted by molar-refractivity contribution is 9.10. The van der Waals surface area contributed by atoms with Gasteiger partial charge in [0, 0.05) is 36.1 Å². The van der Waals surface area contributed by atoms with E-state index in [0.29, 0.717) is 19.6 Å². The van der Waals surface area contributed by atoms with Crippen LogP contribution in [0.2, 0.25) is 0 Å². The van der Waals surface area contributed by atoms with E-state index in [0.717, 1.165) is 42.8 Å². The average molecular weight is 443 g/mol. The van der Waals surface area contributed by atoms with Crippen molar-refractivity contribution in [3.05, 3.63) is 34.3 Å². The van der Waals surface area contributed by atoms with E-state index in [1.165, 1.54) is 5.56 Å². The Morgan fingerprint density at radius 1 is 1.35 bits per heavy atom. The summed E-state index contributed by atoms with van der Waals surface area (Å²) >= 11 is 3.55. The van der Waals surface area contributed by atoms with Gasteiger partial charge < -0.3 is 10.6 Å². The number of benzene rings is 1. The van der Waals surface area contributed by atoms with Crippen molar-refractivity contribution in [1.29, 1.82) is 0 Å². The molecule has 0 aromatic heterocycles. The molecule has 26 heavy (non-hydrogen) atoms. The Kier molecular flexibility index (Phi) is 6.25. The fraction of sp³-hybridized carbons (Fsp3) is 0.611. The molecule has 3 rings (SSSR count). The Balaban J connectivity index is 1.57. The smallest absolute Gasteiger partial charge is 0.214 e. The van der Waals surface area contributed by atoms with Crippen LogP contribution >= 0.6 is 15.9 Å². The van der Waals surface area contributed by atoms with Gasteiger partial charge in [-0.05, 0) is 43.9 Å². The molecule has 0 unspecified atom stereocenters. The summed E-state index contributed by atoms with van der Waals surface area (Å²) < 4.78 is 26.4. The molecule has 144 valence electrons. The molecule has 0 radical (unpaired) electrons. The summed E-state index contributed by atoms with van der Waals surface area (Å²) in [5.74, 6) is 1.03. The van der Waals surface area contributed by atoms with Crippen LogP contribution in [0.1, 0.15) is 31.7 Å². The predicted molar refractivity (Wildman–Crippen MR) is 109 cm³/mol. The molecule has 0 atom stereocenters. The standard InChI is InChI=1S/C18H27BrN4O2S/c1-2-20-17(21-9-11-23-10-4-12-26(23,24)25)22-14-18(7-8-18)15-5-3-6-16(19)13-15/h3,5-6,13H,2,4,7-12,14H2,1H3,(H2,20,21,22). The van der Waals surface area contributed by atoms with Crippen LogP contribution in [0, 0.1) is 0 Å². The minimum Gasteiger partial charge on any atom is -0.357 e. The summed E-state index contributed by atoms with van der Waals surface area (Å²) in [7, 11) is -3.03. The Labute approximate surface area is 164 Å². The zero-order valence-corrected chi connectivity index (χ0v) is 17.6. The van der Waals surface area contributed by atoms with Gasteiger partial charge >= 0.3 is 0 Å². The lowest BCUT2D eigenvalue weighted by atomic mass is 9.96. The van der Waals surface area contributed by atoms with Crippen LogP contribution in [0.4, 0.5) is 0 Å². The number of sulfonamides is 1. The van der Waals surface area contributed by atoms with E-state index in [9.17, 15) is 8.42 Å². The highest BCUT2D eigenvalue weighted by Crippen LogP contribution is 2.48. The molecule has 1 aliphatic carbocycles. The number of guanidine groups is 1. The maximum atomic E-state index is 11.9. The van der Waals surface area contributed by atoms with E-state index >= 15 is 0 Å². The number of hydrogen-bond donors (Lipinski definition) is 2. The monoisotopic (exact) mass is 442 g/mol. The molecule has 2 fully saturated rings. The number of hydrogen-bond acceptors (Lipinski definition) is 3. The maximum Gasteiger partial charge on any atom is 0.214 e. The first-order valence-electron chi connectivity index (χ1n) is 9.21. The van der Waals surface area contributed by atoms with Crippen molar-refractivity contribution >= 4 is 31.9 Å². The summed E-state index contributed by atoms with van der Waals surface area (Å²) in [4.78, 5) is 4.77. The summed E-state index contributed by atoms with van der Waals surface area (Å²) in [6.07, 6.45) is 3.03. The second kappa shape index (κ2) is 8.27. The van der Waals surface area contributed by atoms with E-state index in [4.69, 9.17) is 4.99 Å². The third-order valence-corrected chi connectivity index (χ3v) is 7.48. The van der Waals surface area contributed by atoms with Crippen LogP contribution in [-0.4, -0.2) is 57.2 Å². The predicted octanol–water partition coefficient (Wildman–Crippen LogP) is 2.07. The van der Waals surface area contributed by atoms with Crippen molar-refractivity contribution in [2.75, 3.05) is 38.5 Å². The van der Waals surface area contributed by atoms with E-state index in [1.807, 2.05) is 13.0 Å². The Hall–Kier alpha value is -1.12. The van der Waals surface area contributed by atoms with Gasteiger partial charge in [0.25, 0.3) is 0 Å². The van der Waals surface area contributed by atoms with Gasteiger partial charge in [-0.1, -0.05) is 28.1 Å². The first-order chi connectivity index (χ1) is 12.5. The minimum atomic E-state index is -3.03. The molecule has 2 aliphatic rings. The van der Waals surface area contributed by atoms with Gasteiger partial charge in [-0.2, -0.15) is 0 Å². The van der Waals surface area contributed by atoms with Gasteiger partial charge in [-0.25, -0.2) is 12.7 Å². The summed E-state index contributed by atoms with van der Waals surface area (Å²) in [6.45, 7) is 5.23. The fourth-order valence-electron chi connectivity index (χ4n) is 3.32. The number of rotatable bonds is 7. The first-order valence-corrected chi connectivity index (χ1v) is 11.6. The summed E-state index contributed by atoms with van der Waals surface area (Å²) in [6, 6.07) is 8.47. The lowest BCUT2D eigenvalue weighted by Crippen LogP contribution is -2.42. The molecule has 0 spiro atoms. The molecular weight excluding hydrogens is 416 g/mol. The quantitative estimate of drug-likeness (QED) is 0.500. The largest absolute Gasteiger partial charge is 0.357 e. The second-order valence-corrected chi connectivity index (χ2v) is 9.99. The van der Waals surface area contributed by atoms with E-state index < -0.39 is 10.0 Å². The molecule has 1 aromatic rings. The highest BCUT2D eigenvalue weighted by Gasteiger charge is 2.44. The number of aliphatic imine (C=N–C) groups is 1. The van der Waals surface area contributed by atoms with Crippen molar-refractivity contribution in [2.24, 2.45) is 4.99 Å². The van der Waals surface area contributed by atoms with Crippen LogP contribution in [0.25, 0.3) is 0 Å². The van der Waals surface area contributed by atoms with Gasteiger partial charge in [0.15, 0.2) is 5.96 Å². The van der Waals surface area contributed by atoms with Crippen molar-refractivity contribution in [1.82, 2.24) is 14.9 Å². The van der Waals surface area contributed by atoms with Gasteiger partial charge in [0.05, 0.1) is 12.3 Å². The van der Waals surface area contributed by atoms with Crippen molar-refractivity contribution < 1.29 is 8.42 Å². The van der Waals surface area contributed by atoms with E-state index in [1.54, 1.807) is 4.31 Å². The van der Waals surface area contributed by atoms with Crippen LogP contribution in [0.3, 0.4) is 0 Å². The Morgan fingerprint density at radius 3 is 2.77 bits per heavy atom. The molecule has 2 N–H and O–H groups in total. The zero-order valence-electron chi connectivity index (χ0n) is 15.2. The average Bonchev–Trinajstić information content (AvgIpc) is 3.32. The van der Waals surface area contributed by atoms with Gasteiger partial charge in [-0.15, -0.1) is 0 Å². The number of halogens is 1. The van der Waals surface area contributed by atoms with Gasteiger partial charge in [-0.3, -0.25) is 4.99 Å². The summed E-state index contributed by atoms with van der Waals surface area (Å²) in [5, 5.41) is 6.53. The molecule has 0 bridgehead atoms. The lowest BCUT2D eigenvalue weighted by Gasteiger charge is -2.18. The maximum absolute atomic E-state index is 11.9. The molecule has 1 saturated heterocycles. The minimum absolute atomic E-state index is 0.143. The third-order valence-electron chi connectivity index (χ3n) is 5.03. The van der Waals surface area contributed by atoms with Crippen LogP contribution in [0.15, 0.2) is 33.7 Å². The molecule has 1 aliphatic heterocycles. The SMILES string of the molecule is CCNC(=NCC1(c2cccc(Br)c2)CC1)NCCN1CCCS1(=O)=O. The van der Waals surface area contributed by atoms with Crippen LogP contribution in [-0.2, 0) is 15.4 Å². The third kappa shape index (κ3) is 4.78. The molecule has 1 heterocycles. The van der Waals surface area contributed by atoms with Crippen LogP contribution < -0.4 is 10.6 Å².